The number of anilines is 1. The number of carbonyl (C=O) groups excluding carboxylic acids is 1. The van der Waals surface area contributed by atoms with Crippen LogP contribution in [0, 0.1) is 11.6 Å². The van der Waals surface area contributed by atoms with Crippen LogP contribution in [0.5, 0.6) is 5.75 Å². The lowest BCUT2D eigenvalue weighted by molar-refractivity contribution is 0.251. The Labute approximate surface area is 161 Å². The Bertz CT molecular complexity index is 999. The normalized spacial score (nSPS) is 12.2. The first-order valence-electron chi connectivity index (χ1n) is 8.94. The zero-order valence-electron chi connectivity index (χ0n) is 15.0. The van der Waals surface area contributed by atoms with Crippen LogP contribution in [-0.4, -0.2) is 12.6 Å². The molecule has 0 spiro atoms. The van der Waals surface area contributed by atoms with E-state index >= 15 is 0 Å². The summed E-state index contributed by atoms with van der Waals surface area (Å²) in [5.74, 6) is -0.694. The van der Waals surface area contributed by atoms with E-state index in [1.807, 2.05) is 36.4 Å². The van der Waals surface area contributed by atoms with E-state index in [9.17, 15) is 13.6 Å². The van der Waals surface area contributed by atoms with Gasteiger partial charge in [0.25, 0.3) is 0 Å². The summed E-state index contributed by atoms with van der Waals surface area (Å²) in [5, 5.41) is 4.79. The maximum Gasteiger partial charge on any atom is 0.319 e. The third kappa shape index (κ3) is 3.81. The summed E-state index contributed by atoms with van der Waals surface area (Å²) < 4.78 is 32.7. The highest BCUT2D eigenvalue weighted by atomic mass is 19.1. The van der Waals surface area contributed by atoms with Gasteiger partial charge in [-0.3, -0.25) is 0 Å². The quantitative estimate of drug-likeness (QED) is 0.677. The fraction of sp³-hybridized carbons (Fsp3) is 0.136. The molecule has 0 aliphatic carbocycles. The molecule has 0 aromatic heterocycles. The molecule has 142 valence electrons. The molecule has 0 fully saturated rings. The van der Waals surface area contributed by atoms with Crippen molar-refractivity contribution in [1.82, 2.24) is 5.32 Å². The second kappa shape index (κ2) is 7.68. The zero-order chi connectivity index (χ0) is 19.5. The molecule has 3 aromatic carbocycles. The number of urea groups is 1. The van der Waals surface area contributed by atoms with Crippen LogP contribution in [0.4, 0.5) is 19.3 Å². The van der Waals surface area contributed by atoms with Crippen LogP contribution in [0.2, 0.25) is 0 Å². The summed E-state index contributed by atoms with van der Waals surface area (Å²) in [7, 11) is 0. The molecule has 0 unspecified atom stereocenters. The fourth-order valence-corrected chi connectivity index (χ4v) is 3.14. The largest absolute Gasteiger partial charge is 0.493 e. The summed E-state index contributed by atoms with van der Waals surface area (Å²) in [4.78, 5) is 11.9. The first kappa shape index (κ1) is 18.0. The molecule has 6 heteroatoms. The summed E-state index contributed by atoms with van der Waals surface area (Å²) in [6, 6.07) is 16.6. The molecule has 2 amide bonds. The number of carbonyl (C=O) groups is 1. The SMILES string of the molecule is O=C(NCc1ccc(-c2ccc3c(c2)CCO3)cc1)Nc1c(F)cccc1F. The second-order valence-corrected chi connectivity index (χ2v) is 6.52. The highest BCUT2D eigenvalue weighted by molar-refractivity contribution is 5.89. The van der Waals surface area contributed by atoms with Crippen molar-refractivity contribution in [3.63, 3.8) is 0 Å². The number of benzene rings is 3. The number of fused-ring (bicyclic) bond motifs is 1. The van der Waals surface area contributed by atoms with Crippen molar-refractivity contribution in [3.8, 4) is 16.9 Å². The maximum absolute atomic E-state index is 13.6. The first-order chi connectivity index (χ1) is 13.6. The molecule has 4 nitrogen and oxygen atoms in total. The summed E-state index contributed by atoms with van der Waals surface area (Å²) in [6.07, 6.45) is 0.920. The highest BCUT2D eigenvalue weighted by Gasteiger charge is 2.13. The van der Waals surface area contributed by atoms with Crippen molar-refractivity contribution < 1.29 is 18.3 Å². The summed E-state index contributed by atoms with van der Waals surface area (Å²) in [5.41, 5.74) is 3.79. The second-order valence-electron chi connectivity index (χ2n) is 6.52. The van der Waals surface area contributed by atoms with E-state index in [4.69, 9.17) is 4.74 Å². The number of para-hydroxylation sites is 1. The molecular weight excluding hydrogens is 362 g/mol. The lowest BCUT2D eigenvalue weighted by Gasteiger charge is -2.10. The molecule has 1 aliphatic heterocycles. The summed E-state index contributed by atoms with van der Waals surface area (Å²) in [6.45, 7) is 0.961. The fourth-order valence-electron chi connectivity index (χ4n) is 3.14. The van der Waals surface area contributed by atoms with Crippen molar-refractivity contribution in [1.29, 1.82) is 0 Å². The van der Waals surface area contributed by atoms with E-state index in [0.29, 0.717) is 0 Å². The number of halogens is 2. The predicted octanol–water partition coefficient (Wildman–Crippen LogP) is 4.89. The molecule has 3 aromatic rings. The van der Waals surface area contributed by atoms with Gasteiger partial charge in [0.1, 0.15) is 23.1 Å². The molecule has 1 heterocycles. The predicted molar refractivity (Wildman–Crippen MR) is 103 cm³/mol. The number of amides is 2. The van der Waals surface area contributed by atoms with E-state index in [0.717, 1.165) is 47.6 Å². The van der Waals surface area contributed by atoms with Crippen LogP contribution >= 0.6 is 0 Å². The Kier molecular flexibility index (Phi) is 4.93. The monoisotopic (exact) mass is 380 g/mol. The van der Waals surface area contributed by atoms with Gasteiger partial charge in [-0.25, -0.2) is 13.6 Å². The van der Waals surface area contributed by atoms with Gasteiger partial charge in [0, 0.05) is 13.0 Å². The van der Waals surface area contributed by atoms with Crippen molar-refractivity contribution in [2.45, 2.75) is 13.0 Å². The lowest BCUT2D eigenvalue weighted by atomic mass is 10.0. The van der Waals surface area contributed by atoms with Crippen molar-refractivity contribution in [2.24, 2.45) is 0 Å². The minimum Gasteiger partial charge on any atom is -0.493 e. The Morgan fingerprint density at radius 3 is 2.43 bits per heavy atom. The van der Waals surface area contributed by atoms with Crippen LogP contribution in [0.15, 0.2) is 60.7 Å². The molecule has 0 radical (unpaired) electrons. The van der Waals surface area contributed by atoms with Gasteiger partial charge in [0.2, 0.25) is 0 Å². The smallest absolute Gasteiger partial charge is 0.319 e. The molecule has 4 rings (SSSR count). The number of hydrogen-bond donors (Lipinski definition) is 2. The molecular formula is C22H18F2N2O2. The molecule has 0 atom stereocenters. The van der Waals surface area contributed by atoms with Crippen LogP contribution in [-0.2, 0) is 13.0 Å². The van der Waals surface area contributed by atoms with Gasteiger partial charge in [-0.2, -0.15) is 0 Å². The van der Waals surface area contributed by atoms with E-state index in [1.54, 1.807) is 0 Å². The Hall–Kier alpha value is -3.41. The first-order valence-corrected chi connectivity index (χ1v) is 8.94. The van der Waals surface area contributed by atoms with E-state index < -0.39 is 23.4 Å². The average Bonchev–Trinajstić information content (AvgIpc) is 3.17. The summed E-state index contributed by atoms with van der Waals surface area (Å²) >= 11 is 0. The molecule has 0 saturated carbocycles. The number of hydrogen-bond acceptors (Lipinski definition) is 2. The van der Waals surface area contributed by atoms with Crippen molar-refractivity contribution >= 4 is 11.7 Å². The minimum absolute atomic E-state index is 0.236. The van der Waals surface area contributed by atoms with Gasteiger partial charge in [0.15, 0.2) is 0 Å². The van der Waals surface area contributed by atoms with Gasteiger partial charge in [0.05, 0.1) is 6.61 Å². The standard InChI is InChI=1S/C22H18F2N2O2/c23-18-2-1-3-19(24)21(18)26-22(27)25-13-14-4-6-15(7-5-14)16-8-9-20-17(12-16)10-11-28-20/h1-9,12H,10-11,13H2,(H2,25,26,27). The maximum atomic E-state index is 13.6. The number of ether oxygens (including phenoxy) is 1. The van der Waals surface area contributed by atoms with Crippen LogP contribution in [0.1, 0.15) is 11.1 Å². The van der Waals surface area contributed by atoms with Crippen molar-refractivity contribution in [2.75, 3.05) is 11.9 Å². The topological polar surface area (TPSA) is 50.4 Å². The van der Waals surface area contributed by atoms with E-state index in [2.05, 4.69) is 16.7 Å². The zero-order valence-corrected chi connectivity index (χ0v) is 15.0. The molecule has 0 saturated heterocycles. The Balaban J connectivity index is 1.38. The van der Waals surface area contributed by atoms with Crippen LogP contribution in [0.3, 0.4) is 0 Å². The Morgan fingerprint density at radius 2 is 1.68 bits per heavy atom. The molecule has 28 heavy (non-hydrogen) atoms. The number of nitrogens with one attached hydrogen (secondary N) is 2. The van der Waals surface area contributed by atoms with E-state index in [1.165, 1.54) is 11.6 Å². The van der Waals surface area contributed by atoms with Crippen LogP contribution < -0.4 is 15.4 Å². The van der Waals surface area contributed by atoms with Gasteiger partial charge in [-0.05, 0) is 46.5 Å². The number of rotatable bonds is 4. The molecule has 2 N–H and O–H groups in total. The van der Waals surface area contributed by atoms with Crippen molar-refractivity contribution in [3.05, 3.63) is 83.4 Å². The lowest BCUT2D eigenvalue weighted by Crippen LogP contribution is -2.29. The average molecular weight is 380 g/mol. The molecule has 0 bridgehead atoms. The van der Waals surface area contributed by atoms with E-state index in [-0.39, 0.29) is 6.54 Å². The van der Waals surface area contributed by atoms with Gasteiger partial charge in [-0.15, -0.1) is 0 Å². The van der Waals surface area contributed by atoms with Gasteiger partial charge >= 0.3 is 6.03 Å². The Morgan fingerprint density at radius 1 is 0.964 bits per heavy atom. The third-order valence-electron chi connectivity index (χ3n) is 4.63. The van der Waals surface area contributed by atoms with Gasteiger partial charge in [-0.1, -0.05) is 36.4 Å². The van der Waals surface area contributed by atoms with Gasteiger partial charge < -0.3 is 15.4 Å². The molecule has 1 aliphatic rings. The minimum atomic E-state index is -0.820. The third-order valence-corrected chi connectivity index (χ3v) is 4.63. The highest BCUT2D eigenvalue weighted by Crippen LogP contribution is 2.30. The van der Waals surface area contributed by atoms with Crippen LogP contribution in [0.25, 0.3) is 11.1 Å².